The molecule has 0 radical (unpaired) electrons. The van der Waals surface area contributed by atoms with Crippen LogP contribution in [0, 0.1) is 25.4 Å². The molecular weight excluding hydrogens is 264 g/mol. The summed E-state index contributed by atoms with van der Waals surface area (Å²) in [5.74, 6) is 0. The van der Waals surface area contributed by atoms with Crippen molar-refractivity contribution in [2.24, 2.45) is 0 Å². The molecule has 0 saturated heterocycles. The van der Waals surface area contributed by atoms with Crippen LogP contribution in [0.4, 0.5) is 0 Å². The number of aryl methyl sites for hydroxylation is 3. The van der Waals surface area contributed by atoms with Gasteiger partial charge in [-0.1, -0.05) is 42.5 Å². The zero-order chi connectivity index (χ0) is 14.3. The first-order valence-electron chi connectivity index (χ1n) is 6.63. The normalized spacial score (nSPS) is 10.9. The van der Waals surface area contributed by atoms with E-state index in [4.69, 9.17) is 12.2 Å². The zero-order valence-corrected chi connectivity index (χ0v) is 12.6. The molecule has 0 aliphatic carbocycles. The van der Waals surface area contributed by atoms with E-state index in [1.165, 1.54) is 16.7 Å². The van der Waals surface area contributed by atoms with Gasteiger partial charge in [0.25, 0.3) is 0 Å². The van der Waals surface area contributed by atoms with Crippen LogP contribution in [0.1, 0.15) is 16.7 Å². The number of hydrogen-bond donors (Lipinski definition) is 1. The lowest BCUT2D eigenvalue weighted by atomic mass is 9.96. The Morgan fingerprint density at radius 2 is 1.55 bits per heavy atom. The van der Waals surface area contributed by atoms with Crippen LogP contribution in [0.2, 0.25) is 0 Å². The fraction of sp³-hybridized carbons (Fsp3) is 0.176. The molecule has 2 aromatic carbocycles. The van der Waals surface area contributed by atoms with Crippen LogP contribution in [0.5, 0.6) is 0 Å². The molecule has 0 atom stereocenters. The molecule has 0 unspecified atom stereocenters. The molecule has 0 aliphatic heterocycles. The van der Waals surface area contributed by atoms with Gasteiger partial charge in [-0.15, -0.1) is 0 Å². The van der Waals surface area contributed by atoms with Crippen LogP contribution in [-0.2, 0) is 0 Å². The van der Waals surface area contributed by atoms with Crippen molar-refractivity contribution in [3.63, 3.8) is 0 Å². The lowest BCUT2D eigenvalue weighted by Gasteiger charge is -2.11. The molecule has 0 saturated carbocycles. The van der Waals surface area contributed by atoms with E-state index in [0.29, 0.717) is 4.64 Å². The molecule has 1 N–H and O–H groups in total. The third-order valence-corrected chi connectivity index (χ3v) is 4.10. The molecule has 0 aliphatic rings. The van der Waals surface area contributed by atoms with Crippen molar-refractivity contribution in [3.8, 4) is 11.3 Å². The third-order valence-electron chi connectivity index (χ3n) is 3.79. The van der Waals surface area contributed by atoms with Crippen molar-refractivity contribution in [2.45, 2.75) is 20.8 Å². The quantitative estimate of drug-likeness (QED) is 0.643. The van der Waals surface area contributed by atoms with E-state index >= 15 is 0 Å². The molecule has 0 amide bonds. The third kappa shape index (κ3) is 2.04. The Bertz CT molecular complexity index is 862. The lowest BCUT2D eigenvalue weighted by molar-refractivity contribution is 1.04. The maximum absolute atomic E-state index is 5.32. The molecule has 1 heterocycles. The number of aromatic nitrogens is 2. The van der Waals surface area contributed by atoms with Gasteiger partial charge in [0.05, 0.1) is 5.69 Å². The van der Waals surface area contributed by atoms with E-state index in [1.54, 1.807) is 0 Å². The van der Waals surface area contributed by atoms with Crippen molar-refractivity contribution in [2.75, 3.05) is 0 Å². The molecule has 20 heavy (non-hydrogen) atoms. The summed E-state index contributed by atoms with van der Waals surface area (Å²) in [6.45, 7) is 6.39. The largest absolute Gasteiger partial charge is 0.267 e. The Morgan fingerprint density at radius 3 is 2.30 bits per heavy atom. The van der Waals surface area contributed by atoms with Crippen LogP contribution in [-0.4, -0.2) is 10.2 Å². The topological polar surface area (TPSA) is 28.7 Å². The Kier molecular flexibility index (Phi) is 3.14. The van der Waals surface area contributed by atoms with Crippen LogP contribution < -0.4 is 0 Å². The summed E-state index contributed by atoms with van der Waals surface area (Å²) in [5, 5.41) is 9.59. The fourth-order valence-electron chi connectivity index (χ4n) is 2.54. The fourth-order valence-corrected chi connectivity index (χ4v) is 2.76. The number of aromatic amines is 1. The average molecular weight is 280 g/mol. The van der Waals surface area contributed by atoms with Gasteiger partial charge in [0, 0.05) is 16.3 Å². The van der Waals surface area contributed by atoms with Crippen molar-refractivity contribution in [1.29, 1.82) is 0 Å². The van der Waals surface area contributed by atoms with Crippen molar-refractivity contribution >= 4 is 23.0 Å². The molecule has 3 aromatic rings. The van der Waals surface area contributed by atoms with Crippen LogP contribution in [0.25, 0.3) is 22.0 Å². The summed E-state index contributed by atoms with van der Waals surface area (Å²) < 4.78 is 0.686. The molecule has 2 nitrogen and oxygen atoms in total. The van der Waals surface area contributed by atoms with Crippen LogP contribution >= 0.6 is 12.2 Å². The second kappa shape index (κ2) is 4.84. The molecule has 3 rings (SSSR count). The maximum atomic E-state index is 5.32. The number of hydrogen-bond acceptors (Lipinski definition) is 2. The highest BCUT2D eigenvalue weighted by molar-refractivity contribution is 7.71. The van der Waals surface area contributed by atoms with Gasteiger partial charge in [-0.05, 0) is 43.5 Å². The Hall–Kier alpha value is -2.00. The monoisotopic (exact) mass is 280 g/mol. The second-order valence-corrected chi connectivity index (χ2v) is 5.61. The number of fused-ring (bicyclic) bond motifs is 1. The predicted molar refractivity (Wildman–Crippen MR) is 86.6 cm³/mol. The van der Waals surface area contributed by atoms with E-state index in [-0.39, 0.29) is 0 Å². The number of H-pyrrole nitrogens is 1. The lowest BCUT2D eigenvalue weighted by Crippen LogP contribution is -1.95. The first-order valence-corrected chi connectivity index (χ1v) is 7.04. The van der Waals surface area contributed by atoms with E-state index in [1.807, 2.05) is 18.2 Å². The Labute approximate surface area is 123 Å². The summed E-state index contributed by atoms with van der Waals surface area (Å²) in [6, 6.07) is 12.6. The summed E-state index contributed by atoms with van der Waals surface area (Å²) in [7, 11) is 0. The summed E-state index contributed by atoms with van der Waals surface area (Å²) in [6.07, 6.45) is 0. The molecule has 0 bridgehead atoms. The number of nitrogens with one attached hydrogen (secondary N) is 1. The molecule has 0 fully saturated rings. The van der Waals surface area contributed by atoms with E-state index < -0.39 is 0 Å². The van der Waals surface area contributed by atoms with Crippen molar-refractivity contribution in [1.82, 2.24) is 10.2 Å². The Balaban J connectivity index is 2.39. The van der Waals surface area contributed by atoms with Gasteiger partial charge in [-0.25, -0.2) is 0 Å². The smallest absolute Gasteiger partial charge is 0.127 e. The van der Waals surface area contributed by atoms with Crippen LogP contribution in [0.15, 0.2) is 36.4 Å². The highest BCUT2D eigenvalue weighted by Crippen LogP contribution is 2.30. The second-order valence-electron chi connectivity index (χ2n) is 5.20. The number of rotatable bonds is 1. The minimum atomic E-state index is 0.686. The molecular formula is C17H16N2S. The summed E-state index contributed by atoms with van der Waals surface area (Å²) >= 11 is 5.32. The van der Waals surface area contributed by atoms with Crippen molar-refractivity contribution < 1.29 is 0 Å². The van der Waals surface area contributed by atoms with Gasteiger partial charge in [0.15, 0.2) is 0 Å². The number of nitrogens with zero attached hydrogens (tertiary/aromatic N) is 1. The van der Waals surface area contributed by atoms with E-state index in [9.17, 15) is 0 Å². The summed E-state index contributed by atoms with van der Waals surface area (Å²) in [4.78, 5) is 0. The van der Waals surface area contributed by atoms with Gasteiger partial charge < -0.3 is 0 Å². The predicted octanol–water partition coefficient (Wildman–Crippen LogP) is 4.88. The molecule has 0 spiro atoms. The van der Waals surface area contributed by atoms with Gasteiger partial charge in [0.2, 0.25) is 0 Å². The molecule has 100 valence electrons. The minimum Gasteiger partial charge on any atom is -0.267 e. The van der Waals surface area contributed by atoms with E-state index in [2.05, 4.69) is 49.2 Å². The van der Waals surface area contributed by atoms with Crippen molar-refractivity contribution in [3.05, 3.63) is 57.7 Å². The standard InChI is InChI=1S/C17H16N2S/c1-10-8-12(3)15(9-11(10)2)16-13-6-4-5-7-14(13)17(20)19-18-16/h4-9H,1-3H3,(H,19,20). The van der Waals surface area contributed by atoms with Gasteiger partial charge in [-0.3, -0.25) is 5.10 Å². The first kappa shape index (κ1) is 13.0. The molecule has 1 aromatic heterocycles. The van der Waals surface area contributed by atoms with Crippen LogP contribution in [0.3, 0.4) is 0 Å². The SMILES string of the molecule is Cc1cc(C)c(-c2n[nH]c(=S)c3ccccc23)cc1C. The minimum absolute atomic E-state index is 0.686. The summed E-state index contributed by atoms with van der Waals surface area (Å²) in [5.41, 5.74) is 5.94. The highest BCUT2D eigenvalue weighted by atomic mass is 32.1. The molecule has 3 heteroatoms. The maximum Gasteiger partial charge on any atom is 0.127 e. The van der Waals surface area contributed by atoms with Gasteiger partial charge >= 0.3 is 0 Å². The van der Waals surface area contributed by atoms with E-state index in [0.717, 1.165) is 22.0 Å². The Morgan fingerprint density at radius 1 is 0.900 bits per heavy atom. The van der Waals surface area contributed by atoms with Gasteiger partial charge in [0.1, 0.15) is 4.64 Å². The first-order chi connectivity index (χ1) is 9.58. The average Bonchev–Trinajstić information content (AvgIpc) is 2.44. The zero-order valence-electron chi connectivity index (χ0n) is 11.8. The van der Waals surface area contributed by atoms with Gasteiger partial charge in [-0.2, -0.15) is 5.10 Å². The highest BCUT2D eigenvalue weighted by Gasteiger charge is 2.10. The number of benzene rings is 2.